The molecule has 0 unspecified atom stereocenters. The van der Waals surface area contributed by atoms with E-state index in [-0.39, 0.29) is 17.9 Å². The van der Waals surface area contributed by atoms with Crippen molar-refractivity contribution < 1.29 is 18.0 Å². The van der Waals surface area contributed by atoms with Gasteiger partial charge in [-0.15, -0.1) is 0 Å². The summed E-state index contributed by atoms with van der Waals surface area (Å²) in [6.45, 7) is 15.2. The molecule has 8 heteroatoms. The molecule has 2 aromatic rings. The maximum Gasteiger partial charge on any atom is 0.244 e. The number of hydrogen-bond acceptors (Lipinski definition) is 4. The molecule has 0 bridgehead atoms. The molecule has 0 spiro atoms. The van der Waals surface area contributed by atoms with Gasteiger partial charge in [-0.2, -0.15) is 0 Å². The third-order valence-electron chi connectivity index (χ3n) is 5.97. The maximum atomic E-state index is 13.7. The molecule has 1 atom stereocenters. The molecule has 0 fully saturated rings. The lowest BCUT2D eigenvalue weighted by molar-refractivity contribution is -0.140. The van der Waals surface area contributed by atoms with E-state index < -0.39 is 34.1 Å². The largest absolute Gasteiger partial charge is 0.350 e. The molecule has 2 aromatic carbocycles. The molecule has 0 saturated heterocycles. The Hall–Kier alpha value is -2.87. The van der Waals surface area contributed by atoms with Gasteiger partial charge in [-0.05, 0) is 68.9 Å². The van der Waals surface area contributed by atoms with Gasteiger partial charge in [0, 0.05) is 12.1 Å². The van der Waals surface area contributed by atoms with Gasteiger partial charge in [0.15, 0.2) is 0 Å². The Labute approximate surface area is 216 Å². The number of sulfonamides is 1. The first-order chi connectivity index (χ1) is 16.4. The summed E-state index contributed by atoms with van der Waals surface area (Å²) in [5.74, 6) is -0.759. The van der Waals surface area contributed by atoms with Gasteiger partial charge in [0.1, 0.15) is 12.6 Å². The molecule has 36 heavy (non-hydrogen) atoms. The highest BCUT2D eigenvalue weighted by Gasteiger charge is 2.31. The van der Waals surface area contributed by atoms with Crippen molar-refractivity contribution >= 4 is 27.5 Å². The van der Waals surface area contributed by atoms with Crippen LogP contribution in [0.4, 0.5) is 5.69 Å². The van der Waals surface area contributed by atoms with Crippen molar-refractivity contribution in [2.24, 2.45) is 0 Å². The van der Waals surface area contributed by atoms with Crippen molar-refractivity contribution in [1.82, 2.24) is 10.2 Å². The molecule has 1 N–H and O–H groups in total. The minimum absolute atomic E-state index is 0.0928. The van der Waals surface area contributed by atoms with Crippen LogP contribution in [0.1, 0.15) is 65.2 Å². The van der Waals surface area contributed by atoms with Crippen LogP contribution in [-0.4, -0.2) is 49.5 Å². The summed E-state index contributed by atoms with van der Waals surface area (Å²) in [5, 5.41) is 2.93. The zero-order chi connectivity index (χ0) is 27.5. The van der Waals surface area contributed by atoms with E-state index in [0.29, 0.717) is 5.69 Å². The first-order valence-corrected chi connectivity index (χ1v) is 14.0. The summed E-state index contributed by atoms with van der Waals surface area (Å²) < 4.78 is 26.6. The summed E-state index contributed by atoms with van der Waals surface area (Å²) in [5.41, 5.74) is 2.76. The zero-order valence-corrected chi connectivity index (χ0v) is 23.9. The van der Waals surface area contributed by atoms with Crippen molar-refractivity contribution in [3.8, 4) is 0 Å². The highest BCUT2D eigenvalue weighted by molar-refractivity contribution is 7.92. The molecular weight excluding hydrogens is 474 g/mol. The minimum atomic E-state index is -3.77. The Kier molecular flexibility index (Phi) is 9.00. The lowest BCUT2D eigenvalue weighted by atomic mass is 9.87. The predicted octanol–water partition coefficient (Wildman–Crippen LogP) is 4.39. The second-order valence-electron chi connectivity index (χ2n) is 11.4. The second kappa shape index (κ2) is 11.0. The van der Waals surface area contributed by atoms with E-state index >= 15 is 0 Å². The average molecular weight is 516 g/mol. The number of anilines is 1. The molecule has 0 aliphatic heterocycles. The van der Waals surface area contributed by atoms with E-state index in [2.05, 4.69) is 26.1 Å². The third kappa shape index (κ3) is 8.08. The quantitative estimate of drug-likeness (QED) is 0.565. The van der Waals surface area contributed by atoms with Crippen LogP contribution in [0, 0.1) is 6.92 Å². The van der Waals surface area contributed by atoms with E-state index in [0.717, 1.165) is 27.3 Å². The van der Waals surface area contributed by atoms with Crippen LogP contribution < -0.4 is 9.62 Å². The molecule has 7 nitrogen and oxygen atoms in total. The first kappa shape index (κ1) is 29.4. The summed E-state index contributed by atoms with van der Waals surface area (Å²) in [6, 6.07) is 14.0. The van der Waals surface area contributed by atoms with Gasteiger partial charge in [-0.1, -0.05) is 57.2 Å². The number of nitrogens with zero attached hydrogens (tertiary/aromatic N) is 2. The van der Waals surface area contributed by atoms with Gasteiger partial charge in [0.2, 0.25) is 21.8 Å². The number of aryl methyl sites for hydroxylation is 1. The van der Waals surface area contributed by atoms with Crippen molar-refractivity contribution in [3.05, 3.63) is 65.2 Å². The summed E-state index contributed by atoms with van der Waals surface area (Å²) >= 11 is 0. The van der Waals surface area contributed by atoms with Crippen molar-refractivity contribution in [2.45, 2.75) is 78.9 Å². The Morgan fingerprint density at radius 3 is 1.97 bits per heavy atom. The molecule has 2 rings (SSSR count). The van der Waals surface area contributed by atoms with E-state index in [1.807, 2.05) is 64.1 Å². The molecular formula is C28H41N3O4S. The van der Waals surface area contributed by atoms with Crippen LogP contribution in [0.3, 0.4) is 0 Å². The minimum Gasteiger partial charge on any atom is -0.350 e. The number of nitrogens with one attached hydrogen (secondary N) is 1. The molecule has 198 valence electrons. The van der Waals surface area contributed by atoms with E-state index in [4.69, 9.17) is 0 Å². The number of carbonyl (C=O) groups is 2. The van der Waals surface area contributed by atoms with Crippen LogP contribution in [0.5, 0.6) is 0 Å². The van der Waals surface area contributed by atoms with E-state index in [9.17, 15) is 18.0 Å². The fraction of sp³-hybridized carbons (Fsp3) is 0.500. The third-order valence-corrected chi connectivity index (χ3v) is 7.11. The standard InChI is InChI=1S/C28H41N3O4S/c1-20-12-10-11-13-22(20)18-30(21(2)26(33)29-28(6,7)8)25(32)19-31(36(9,34)35)24-16-14-23(15-17-24)27(3,4)5/h10-17,21H,18-19H2,1-9H3,(H,29,33)/t21-/m0/s1. The molecule has 0 radical (unpaired) electrons. The van der Waals surface area contributed by atoms with Crippen molar-refractivity contribution in [2.75, 3.05) is 17.1 Å². The fourth-order valence-corrected chi connectivity index (χ4v) is 4.62. The normalized spacial score (nSPS) is 13.1. The lowest BCUT2D eigenvalue weighted by Gasteiger charge is -2.33. The molecule has 2 amide bonds. The maximum absolute atomic E-state index is 13.7. The van der Waals surface area contributed by atoms with Crippen LogP contribution in [0.2, 0.25) is 0 Å². The molecule has 0 aliphatic rings. The van der Waals surface area contributed by atoms with Crippen LogP contribution in [0.15, 0.2) is 48.5 Å². The van der Waals surface area contributed by atoms with Gasteiger partial charge >= 0.3 is 0 Å². The molecule has 0 heterocycles. The van der Waals surface area contributed by atoms with Gasteiger partial charge in [0.25, 0.3) is 0 Å². The fourth-order valence-electron chi connectivity index (χ4n) is 3.77. The average Bonchev–Trinajstić information content (AvgIpc) is 2.74. The summed E-state index contributed by atoms with van der Waals surface area (Å²) in [7, 11) is -3.77. The number of rotatable bonds is 8. The van der Waals surface area contributed by atoms with Gasteiger partial charge < -0.3 is 10.2 Å². The van der Waals surface area contributed by atoms with Crippen LogP contribution >= 0.6 is 0 Å². The highest BCUT2D eigenvalue weighted by Crippen LogP contribution is 2.26. The topological polar surface area (TPSA) is 86.8 Å². The SMILES string of the molecule is Cc1ccccc1CN(C(=O)CN(c1ccc(C(C)(C)C)cc1)S(C)(=O)=O)[C@@H](C)C(=O)NC(C)(C)C. The Morgan fingerprint density at radius 2 is 1.50 bits per heavy atom. The van der Waals surface area contributed by atoms with Crippen LogP contribution in [0.25, 0.3) is 0 Å². The van der Waals surface area contributed by atoms with E-state index in [1.165, 1.54) is 4.90 Å². The summed E-state index contributed by atoms with van der Waals surface area (Å²) in [6.07, 6.45) is 1.08. The Bertz CT molecular complexity index is 1180. The van der Waals surface area contributed by atoms with E-state index in [1.54, 1.807) is 19.1 Å². The molecule has 0 aliphatic carbocycles. The summed E-state index contributed by atoms with van der Waals surface area (Å²) in [4.78, 5) is 28.1. The van der Waals surface area contributed by atoms with Crippen LogP contribution in [-0.2, 0) is 31.6 Å². The molecule has 0 aromatic heterocycles. The lowest BCUT2D eigenvalue weighted by Crippen LogP contribution is -2.54. The number of carbonyl (C=O) groups excluding carboxylic acids is 2. The Balaban J connectivity index is 2.43. The smallest absolute Gasteiger partial charge is 0.244 e. The monoisotopic (exact) mass is 515 g/mol. The van der Waals surface area contributed by atoms with Crippen molar-refractivity contribution in [3.63, 3.8) is 0 Å². The van der Waals surface area contributed by atoms with Gasteiger partial charge in [0.05, 0.1) is 11.9 Å². The van der Waals surface area contributed by atoms with Crippen molar-refractivity contribution in [1.29, 1.82) is 0 Å². The number of hydrogen-bond donors (Lipinski definition) is 1. The second-order valence-corrected chi connectivity index (χ2v) is 13.3. The zero-order valence-electron chi connectivity index (χ0n) is 23.0. The number of amides is 2. The van der Waals surface area contributed by atoms with Gasteiger partial charge in [-0.3, -0.25) is 13.9 Å². The molecule has 0 saturated carbocycles. The first-order valence-electron chi connectivity index (χ1n) is 12.1. The predicted molar refractivity (Wildman–Crippen MR) is 146 cm³/mol. The number of benzene rings is 2. The highest BCUT2D eigenvalue weighted by atomic mass is 32.2. The Morgan fingerprint density at radius 1 is 0.944 bits per heavy atom. The van der Waals surface area contributed by atoms with Gasteiger partial charge in [-0.25, -0.2) is 8.42 Å².